The van der Waals surface area contributed by atoms with E-state index in [9.17, 15) is 4.79 Å². The number of amides is 1. The second kappa shape index (κ2) is 4.18. The van der Waals surface area contributed by atoms with E-state index in [1.54, 1.807) is 11.8 Å². The number of thioether (sulfide) groups is 1. The lowest BCUT2D eigenvalue weighted by molar-refractivity contribution is -0.123. The third-order valence-corrected chi connectivity index (χ3v) is 4.33. The van der Waals surface area contributed by atoms with Gasteiger partial charge < -0.3 is 4.90 Å². The zero-order valence-corrected chi connectivity index (χ0v) is 10.5. The summed E-state index contributed by atoms with van der Waals surface area (Å²) in [5.41, 5.74) is 1.21. The molecule has 1 aromatic rings. The van der Waals surface area contributed by atoms with Gasteiger partial charge in [0.15, 0.2) is 5.17 Å². The Bertz CT molecular complexity index is 472. The van der Waals surface area contributed by atoms with Crippen LogP contribution >= 0.6 is 11.8 Å². The molecule has 2 aliphatic rings. The average Bonchev–Trinajstić information content (AvgIpc) is 2.79. The number of hydrogen-bond donors (Lipinski definition) is 0. The molecule has 1 fully saturated rings. The number of fused-ring (bicyclic) bond motifs is 1. The van der Waals surface area contributed by atoms with Gasteiger partial charge in [-0.25, -0.2) is 0 Å². The van der Waals surface area contributed by atoms with Crippen LogP contribution < -0.4 is 0 Å². The van der Waals surface area contributed by atoms with Crippen LogP contribution in [0.3, 0.4) is 0 Å². The Kier molecular flexibility index (Phi) is 2.67. The monoisotopic (exact) mass is 246 g/mol. The van der Waals surface area contributed by atoms with Crippen LogP contribution in [0.15, 0.2) is 35.3 Å². The average molecular weight is 246 g/mol. The molecule has 2 aliphatic heterocycles. The zero-order valence-electron chi connectivity index (χ0n) is 9.67. The smallest absolute Gasteiger partial charge is 0.253 e. The molecule has 0 N–H and O–H groups in total. The van der Waals surface area contributed by atoms with Crippen molar-refractivity contribution in [3.63, 3.8) is 0 Å². The summed E-state index contributed by atoms with van der Waals surface area (Å²) in [6.45, 7) is 2.96. The fraction of sp³-hybridized carbons (Fsp3) is 0.385. The molecule has 0 spiro atoms. The highest BCUT2D eigenvalue weighted by atomic mass is 32.2. The lowest BCUT2D eigenvalue weighted by Gasteiger charge is -2.35. The predicted octanol–water partition coefficient (Wildman–Crippen LogP) is 2.31. The second-order valence-electron chi connectivity index (χ2n) is 4.42. The van der Waals surface area contributed by atoms with Crippen molar-refractivity contribution >= 4 is 22.8 Å². The van der Waals surface area contributed by atoms with Crippen molar-refractivity contribution in [3.8, 4) is 0 Å². The highest BCUT2D eigenvalue weighted by molar-refractivity contribution is 8.14. The molecule has 0 aliphatic carbocycles. The van der Waals surface area contributed by atoms with Crippen LogP contribution in [-0.4, -0.2) is 28.3 Å². The van der Waals surface area contributed by atoms with Gasteiger partial charge in [-0.1, -0.05) is 49.0 Å². The standard InChI is InChI=1S/C13H14N2OS/c1-9-11(10-5-3-2-4-6-10)15-7-8-17-13(15)14-12(9)16/h2-6,9,11H,7-8H2,1H3/t9-,11+/m1/s1. The van der Waals surface area contributed by atoms with Crippen LogP contribution in [0.2, 0.25) is 0 Å². The predicted molar refractivity (Wildman–Crippen MR) is 70.0 cm³/mol. The van der Waals surface area contributed by atoms with E-state index in [-0.39, 0.29) is 17.9 Å². The van der Waals surface area contributed by atoms with Crippen molar-refractivity contribution in [2.45, 2.75) is 13.0 Å². The molecular weight excluding hydrogens is 232 g/mol. The van der Waals surface area contributed by atoms with Crippen LogP contribution in [0.1, 0.15) is 18.5 Å². The molecule has 0 bridgehead atoms. The minimum atomic E-state index is -0.0557. The number of carbonyl (C=O) groups is 1. The van der Waals surface area contributed by atoms with E-state index >= 15 is 0 Å². The fourth-order valence-electron chi connectivity index (χ4n) is 2.49. The summed E-state index contributed by atoms with van der Waals surface area (Å²) in [6.07, 6.45) is 0. The first kappa shape index (κ1) is 10.8. The van der Waals surface area contributed by atoms with Gasteiger partial charge in [-0.3, -0.25) is 4.79 Å². The number of carbonyl (C=O) groups excluding carboxylic acids is 1. The Morgan fingerprint density at radius 3 is 2.88 bits per heavy atom. The summed E-state index contributed by atoms with van der Waals surface area (Å²) in [7, 11) is 0. The van der Waals surface area contributed by atoms with Gasteiger partial charge in [0.2, 0.25) is 0 Å². The van der Waals surface area contributed by atoms with Crippen molar-refractivity contribution < 1.29 is 4.79 Å². The molecule has 0 aromatic heterocycles. The molecule has 0 radical (unpaired) electrons. The van der Waals surface area contributed by atoms with Gasteiger partial charge in [0.05, 0.1) is 12.0 Å². The van der Waals surface area contributed by atoms with Crippen LogP contribution in [-0.2, 0) is 4.79 Å². The SMILES string of the molecule is C[C@H]1C(=O)N=C2SCCN2[C@@H]1c1ccccc1. The Morgan fingerprint density at radius 2 is 2.12 bits per heavy atom. The summed E-state index contributed by atoms with van der Waals surface area (Å²) < 4.78 is 0. The molecule has 1 aromatic carbocycles. The molecule has 0 unspecified atom stereocenters. The minimum absolute atomic E-state index is 0.0134. The van der Waals surface area contributed by atoms with Crippen LogP contribution in [0.4, 0.5) is 0 Å². The van der Waals surface area contributed by atoms with E-state index in [0.29, 0.717) is 0 Å². The molecule has 2 heterocycles. The van der Waals surface area contributed by atoms with E-state index in [4.69, 9.17) is 0 Å². The third-order valence-electron chi connectivity index (χ3n) is 3.35. The maximum Gasteiger partial charge on any atom is 0.253 e. The second-order valence-corrected chi connectivity index (χ2v) is 5.48. The maximum absolute atomic E-state index is 11.9. The van der Waals surface area contributed by atoms with Gasteiger partial charge in [-0.05, 0) is 5.56 Å². The molecule has 3 rings (SSSR count). The zero-order chi connectivity index (χ0) is 11.8. The van der Waals surface area contributed by atoms with Gasteiger partial charge in [0.25, 0.3) is 5.91 Å². The van der Waals surface area contributed by atoms with E-state index in [2.05, 4.69) is 22.0 Å². The van der Waals surface area contributed by atoms with Crippen molar-refractivity contribution in [2.75, 3.05) is 12.3 Å². The number of benzene rings is 1. The van der Waals surface area contributed by atoms with Crippen LogP contribution in [0.25, 0.3) is 0 Å². The summed E-state index contributed by atoms with van der Waals surface area (Å²) in [5, 5.41) is 0.905. The Morgan fingerprint density at radius 1 is 1.35 bits per heavy atom. The maximum atomic E-state index is 11.9. The van der Waals surface area contributed by atoms with Crippen LogP contribution in [0, 0.1) is 5.92 Å². The lowest BCUT2D eigenvalue weighted by Crippen LogP contribution is -2.40. The Hall–Kier alpha value is -1.29. The molecule has 2 atom stereocenters. The van der Waals surface area contributed by atoms with Gasteiger partial charge in [-0.15, -0.1) is 0 Å². The normalized spacial score (nSPS) is 27.9. The molecule has 3 nitrogen and oxygen atoms in total. The first-order chi connectivity index (χ1) is 8.27. The number of hydrogen-bond acceptors (Lipinski definition) is 3. The van der Waals surface area contributed by atoms with Gasteiger partial charge in [0.1, 0.15) is 0 Å². The molecule has 0 saturated carbocycles. The van der Waals surface area contributed by atoms with Gasteiger partial charge in [0, 0.05) is 12.3 Å². The topological polar surface area (TPSA) is 32.7 Å². The Labute approximate surface area is 105 Å². The van der Waals surface area contributed by atoms with Crippen molar-refractivity contribution in [1.29, 1.82) is 0 Å². The molecule has 4 heteroatoms. The van der Waals surface area contributed by atoms with E-state index in [1.165, 1.54) is 5.56 Å². The number of aliphatic imine (C=N–C) groups is 1. The van der Waals surface area contributed by atoms with E-state index < -0.39 is 0 Å². The van der Waals surface area contributed by atoms with E-state index in [0.717, 1.165) is 17.5 Å². The molecule has 1 amide bonds. The summed E-state index contributed by atoms with van der Waals surface area (Å²) in [6, 6.07) is 10.4. The molecule has 88 valence electrons. The quantitative estimate of drug-likeness (QED) is 0.762. The number of amidine groups is 1. The summed E-state index contributed by atoms with van der Waals surface area (Å²) in [5.74, 6) is 0.988. The number of rotatable bonds is 1. The summed E-state index contributed by atoms with van der Waals surface area (Å²) >= 11 is 1.69. The lowest BCUT2D eigenvalue weighted by atomic mass is 9.91. The highest BCUT2D eigenvalue weighted by Crippen LogP contribution is 2.38. The molecule has 1 saturated heterocycles. The first-order valence-corrected chi connectivity index (χ1v) is 6.83. The third kappa shape index (κ3) is 1.76. The highest BCUT2D eigenvalue weighted by Gasteiger charge is 2.39. The molecule has 17 heavy (non-hydrogen) atoms. The van der Waals surface area contributed by atoms with Crippen molar-refractivity contribution in [3.05, 3.63) is 35.9 Å². The summed E-state index contributed by atoms with van der Waals surface area (Å²) in [4.78, 5) is 18.3. The fourth-order valence-corrected chi connectivity index (χ4v) is 3.48. The number of nitrogens with zero attached hydrogens (tertiary/aromatic N) is 2. The first-order valence-electron chi connectivity index (χ1n) is 5.84. The van der Waals surface area contributed by atoms with Gasteiger partial charge >= 0.3 is 0 Å². The van der Waals surface area contributed by atoms with Crippen molar-refractivity contribution in [1.82, 2.24) is 4.90 Å². The Balaban J connectivity index is 2.03. The molecular formula is C13H14N2OS. The van der Waals surface area contributed by atoms with E-state index in [1.807, 2.05) is 25.1 Å². The largest absolute Gasteiger partial charge is 0.342 e. The van der Waals surface area contributed by atoms with Crippen molar-refractivity contribution in [2.24, 2.45) is 10.9 Å². The minimum Gasteiger partial charge on any atom is -0.342 e. The van der Waals surface area contributed by atoms with Gasteiger partial charge in [-0.2, -0.15) is 4.99 Å². The van der Waals surface area contributed by atoms with Crippen LogP contribution in [0.5, 0.6) is 0 Å².